The van der Waals surface area contributed by atoms with Gasteiger partial charge in [0.2, 0.25) is 10.0 Å². The van der Waals surface area contributed by atoms with E-state index in [9.17, 15) is 8.42 Å². The predicted octanol–water partition coefficient (Wildman–Crippen LogP) is 1.59. The fraction of sp³-hybridized carbons (Fsp3) is 0.571. The molecule has 1 heterocycles. The molecule has 0 aromatic heterocycles. The van der Waals surface area contributed by atoms with Crippen molar-refractivity contribution >= 4 is 10.0 Å². The molecular formula is C14H22N2O2S. The fourth-order valence-electron chi connectivity index (χ4n) is 2.87. The lowest BCUT2D eigenvalue weighted by Crippen LogP contribution is -2.52. The molecule has 5 heteroatoms. The van der Waals surface area contributed by atoms with Crippen LogP contribution in [0.25, 0.3) is 0 Å². The molecule has 0 radical (unpaired) electrons. The highest BCUT2D eigenvalue weighted by Gasteiger charge is 2.32. The van der Waals surface area contributed by atoms with Crippen LogP contribution in [0.2, 0.25) is 0 Å². The first-order valence-electron chi connectivity index (χ1n) is 6.64. The van der Waals surface area contributed by atoms with E-state index in [1.807, 2.05) is 39.8 Å². The van der Waals surface area contributed by atoms with Crippen molar-refractivity contribution in [2.45, 2.75) is 38.6 Å². The van der Waals surface area contributed by atoms with Crippen molar-refractivity contribution in [3.05, 3.63) is 28.8 Å². The van der Waals surface area contributed by atoms with Gasteiger partial charge in [-0.3, -0.25) is 0 Å². The van der Waals surface area contributed by atoms with Gasteiger partial charge >= 0.3 is 0 Å². The SMILES string of the molecule is Cc1cc(C)c(S(=O)(=O)N2CCNC[C@@H]2C)c(C)c1. The van der Waals surface area contributed by atoms with Gasteiger partial charge in [0, 0.05) is 25.7 Å². The van der Waals surface area contributed by atoms with E-state index in [0.717, 1.165) is 16.7 Å². The summed E-state index contributed by atoms with van der Waals surface area (Å²) in [6.07, 6.45) is 0. The molecule has 0 amide bonds. The first-order chi connectivity index (χ1) is 8.84. The Labute approximate surface area is 115 Å². The van der Waals surface area contributed by atoms with Crippen LogP contribution < -0.4 is 5.32 Å². The zero-order chi connectivity index (χ0) is 14.2. The molecule has 1 aromatic rings. The molecular weight excluding hydrogens is 260 g/mol. The van der Waals surface area contributed by atoms with Crippen molar-refractivity contribution < 1.29 is 8.42 Å². The largest absolute Gasteiger partial charge is 0.314 e. The number of sulfonamides is 1. The molecule has 106 valence electrons. The quantitative estimate of drug-likeness (QED) is 0.896. The Morgan fingerprint density at radius 1 is 1.21 bits per heavy atom. The van der Waals surface area contributed by atoms with Gasteiger partial charge in [0.05, 0.1) is 4.90 Å². The lowest BCUT2D eigenvalue weighted by atomic mass is 10.1. The number of hydrogen-bond donors (Lipinski definition) is 1. The molecule has 4 nitrogen and oxygen atoms in total. The highest BCUT2D eigenvalue weighted by atomic mass is 32.2. The molecule has 1 atom stereocenters. The summed E-state index contributed by atoms with van der Waals surface area (Å²) in [5.74, 6) is 0. The van der Waals surface area contributed by atoms with Crippen LogP contribution in [0.4, 0.5) is 0 Å². The van der Waals surface area contributed by atoms with Crippen LogP contribution in [0.3, 0.4) is 0 Å². The van der Waals surface area contributed by atoms with E-state index in [2.05, 4.69) is 5.32 Å². The second-order valence-corrected chi connectivity index (χ2v) is 7.22. The van der Waals surface area contributed by atoms with E-state index in [-0.39, 0.29) is 6.04 Å². The molecule has 0 bridgehead atoms. The van der Waals surface area contributed by atoms with Crippen LogP contribution in [0, 0.1) is 20.8 Å². The zero-order valence-corrected chi connectivity index (χ0v) is 12.8. The van der Waals surface area contributed by atoms with Crippen molar-refractivity contribution in [1.82, 2.24) is 9.62 Å². The van der Waals surface area contributed by atoms with Crippen molar-refractivity contribution in [3.8, 4) is 0 Å². The third kappa shape index (κ3) is 2.68. The second-order valence-electron chi connectivity index (χ2n) is 5.40. The summed E-state index contributed by atoms with van der Waals surface area (Å²) < 4.78 is 27.3. The van der Waals surface area contributed by atoms with E-state index in [1.54, 1.807) is 4.31 Å². The smallest absolute Gasteiger partial charge is 0.243 e. The molecule has 1 aliphatic rings. The molecule has 19 heavy (non-hydrogen) atoms. The van der Waals surface area contributed by atoms with E-state index >= 15 is 0 Å². The first-order valence-corrected chi connectivity index (χ1v) is 8.08. The average molecular weight is 282 g/mol. The van der Waals surface area contributed by atoms with Gasteiger partial charge < -0.3 is 5.32 Å². The van der Waals surface area contributed by atoms with Crippen molar-refractivity contribution in [2.24, 2.45) is 0 Å². The van der Waals surface area contributed by atoms with Gasteiger partial charge in [-0.15, -0.1) is 0 Å². The Kier molecular flexibility index (Phi) is 3.99. The fourth-order valence-corrected chi connectivity index (χ4v) is 4.92. The summed E-state index contributed by atoms with van der Waals surface area (Å²) in [6.45, 7) is 9.65. The number of piperazine rings is 1. The van der Waals surface area contributed by atoms with Gasteiger partial charge in [0.25, 0.3) is 0 Å². The van der Waals surface area contributed by atoms with Crippen molar-refractivity contribution in [2.75, 3.05) is 19.6 Å². The van der Waals surface area contributed by atoms with Crippen LogP contribution in [0.1, 0.15) is 23.6 Å². The van der Waals surface area contributed by atoms with Gasteiger partial charge in [0.1, 0.15) is 0 Å². The number of hydrogen-bond acceptors (Lipinski definition) is 3. The summed E-state index contributed by atoms with van der Waals surface area (Å²) in [5.41, 5.74) is 2.77. The van der Waals surface area contributed by atoms with Gasteiger partial charge in [-0.1, -0.05) is 17.7 Å². The third-order valence-electron chi connectivity index (χ3n) is 3.61. The maximum Gasteiger partial charge on any atom is 0.243 e. The third-order valence-corrected chi connectivity index (χ3v) is 5.93. The Morgan fingerprint density at radius 2 is 1.79 bits per heavy atom. The second kappa shape index (κ2) is 5.23. The molecule has 2 rings (SSSR count). The van der Waals surface area contributed by atoms with Gasteiger partial charge in [0.15, 0.2) is 0 Å². The molecule has 1 aliphatic heterocycles. The Hall–Kier alpha value is -0.910. The summed E-state index contributed by atoms with van der Waals surface area (Å²) >= 11 is 0. The summed E-state index contributed by atoms with van der Waals surface area (Å²) in [5, 5.41) is 3.22. The molecule has 0 saturated carbocycles. The zero-order valence-electron chi connectivity index (χ0n) is 12.0. The molecule has 1 saturated heterocycles. The van der Waals surface area contributed by atoms with Crippen LogP contribution in [-0.2, 0) is 10.0 Å². The van der Waals surface area contributed by atoms with Gasteiger partial charge in [-0.25, -0.2) is 8.42 Å². The minimum atomic E-state index is -3.40. The van der Waals surface area contributed by atoms with E-state index in [4.69, 9.17) is 0 Å². The van der Waals surface area contributed by atoms with Crippen LogP contribution in [0.5, 0.6) is 0 Å². The Balaban J connectivity index is 2.50. The van der Waals surface area contributed by atoms with Crippen LogP contribution in [-0.4, -0.2) is 38.4 Å². The number of benzene rings is 1. The Morgan fingerprint density at radius 3 is 2.32 bits per heavy atom. The van der Waals surface area contributed by atoms with Crippen LogP contribution >= 0.6 is 0 Å². The van der Waals surface area contributed by atoms with Crippen LogP contribution in [0.15, 0.2) is 17.0 Å². The molecule has 0 spiro atoms. The summed E-state index contributed by atoms with van der Waals surface area (Å²) in [4.78, 5) is 0.479. The highest BCUT2D eigenvalue weighted by molar-refractivity contribution is 7.89. The lowest BCUT2D eigenvalue weighted by molar-refractivity contribution is 0.283. The van der Waals surface area contributed by atoms with Crippen molar-refractivity contribution in [3.63, 3.8) is 0 Å². The average Bonchev–Trinajstić information content (AvgIpc) is 2.27. The number of rotatable bonds is 2. The number of nitrogens with one attached hydrogen (secondary N) is 1. The molecule has 1 fully saturated rings. The monoisotopic (exact) mass is 282 g/mol. The lowest BCUT2D eigenvalue weighted by Gasteiger charge is -2.33. The van der Waals surface area contributed by atoms with Gasteiger partial charge in [-0.2, -0.15) is 4.31 Å². The van der Waals surface area contributed by atoms with Crippen molar-refractivity contribution in [1.29, 1.82) is 0 Å². The number of nitrogens with zero attached hydrogens (tertiary/aromatic N) is 1. The molecule has 0 aliphatic carbocycles. The maximum absolute atomic E-state index is 12.8. The van der Waals surface area contributed by atoms with Gasteiger partial charge in [-0.05, 0) is 38.8 Å². The molecule has 1 N–H and O–H groups in total. The summed E-state index contributed by atoms with van der Waals surface area (Å²) in [7, 11) is -3.40. The predicted molar refractivity (Wildman–Crippen MR) is 76.9 cm³/mol. The summed E-state index contributed by atoms with van der Waals surface area (Å²) in [6, 6.07) is 3.87. The topological polar surface area (TPSA) is 49.4 Å². The van der Waals surface area contributed by atoms with E-state index in [0.29, 0.717) is 24.5 Å². The maximum atomic E-state index is 12.8. The normalized spacial score (nSPS) is 21.6. The minimum absolute atomic E-state index is 0.00106. The standard InChI is InChI=1S/C14H22N2O2S/c1-10-7-11(2)14(12(3)8-10)19(17,18)16-6-5-15-9-13(16)4/h7-8,13,15H,5-6,9H2,1-4H3/t13-/m0/s1. The highest BCUT2D eigenvalue weighted by Crippen LogP contribution is 2.26. The first kappa shape index (κ1) is 14.5. The number of aryl methyl sites for hydroxylation is 3. The molecule has 1 aromatic carbocycles. The van der Waals surface area contributed by atoms with E-state index in [1.165, 1.54) is 0 Å². The minimum Gasteiger partial charge on any atom is -0.314 e. The molecule has 0 unspecified atom stereocenters. The van der Waals surface area contributed by atoms with E-state index < -0.39 is 10.0 Å². The Bertz CT molecular complexity index is 558.